The lowest BCUT2D eigenvalue weighted by Crippen LogP contribution is -2.48. The van der Waals surface area contributed by atoms with Crippen LogP contribution in [-0.2, 0) is 27.1 Å². The van der Waals surface area contributed by atoms with Gasteiger partial charge in [-0.05, 0) is 59.2 Å². The molecule has 340 valence electrons. The van der Waals surface area contributed by atoms with Crippen molar-refractivity contribution >= 4 is 18.1 Å². The van der Waals surface area contributed by atoms with Crippen molar-refractivity contribution in [2.45, 2.75) is 94.9 Å². The summed E-state index contributed by atoms with van der Waals surface area (Å²) in [7, 11) is 0. The fourth-order valence-corrected chi connectivity index (χ4v) is 9.42. The van der Waals surface area contributed by atoms with Gasteiger partial charge >= 0.3 is 12.2 Å². The largest absolute Gasteiger partial charge is 0.436 e. The Labute approximate surface area is 389 Å². The number of ether oxygens (including phenoxy) is 2. The van der Waals surface area contributed by atoms with E-state index >= 15 is 0 Å². The van der Waals surface area contributed by atoms with Crippen molar-refractivity contribution in [3.63, 3.8) is 0 Å². The Hall–Kier alpha value is -6.71. The number of hydrogen-bond donors (Lipinski definition) is 4. The molecule has 3 amide bonds. The van der Waals surface area contributed by atoms with E-state index in [4.69, 9.17) is 9.47 Å². The van der Waals surface area contributed by atoms with E-state index < -0.39 is 30.4 Å². The van der Waals surface area contributed by atoms with E-state index in [1.165, 1.54) is 31.2 Å². The summed E-state index contributed by atoms with van der Waals surface area (Å²) in [6, 6.07) is 51.4. The maximum atomic E-state index is 13.5. The molecule has 66 heavy (non-hydrogen) atoms. The topological polar surface area (TPSA) is 118 Å². The molecule has 0 spiro atoms. The summed E-state index contributed by atoms with van der Waals surface area (Å²) in [5.41, 5.74) is 10.4. The fraction of sp³-hybridized carbons (Fsp3) is 0.316. The molecule has 0 saturated heterocycles. The summed E-state index contributed by atoms with van der Waals surface area (Å²) in [5.74, 6) is -0.208. The van der Waals surface area contributed by atoms with Gasteiger partial charge in [-0.1, -0.05) is 203 Å². The molecule has 9 nitrogen and oxygen atoms in total. The highest BCUT2D eigenvalue weighted by molar-refractivity contribution is 5.86. The minimum atomic E-state index is -0.766. The summed E-state index contributed by atoms with van der Waals surface area (Å²) in [5, 5.41) is 12.7. The molecule has 4 N–H and O–H groups in total. The highest BCUT2D eigenvalue weighted by atomic mass is 16.6. The second kappa shape index (κ2) is 23.5. The molecular formula is C57H62N4O5. The van der Waals surface area contributed by atoms with Crippen molar-refractivity contribution in [3.05, 3.63) is 191 Å². The number of rotatable bonds is 23. The van der Waals surface area contributed by atoms with Crippen LogP contribution in [-0.4, -0.2) is 49.8 Å². The molecule has 6 aromatic rings. The average Bonchev–Trinajstić information content (AvgIpc) is 3.83. The molecule has 2 aliphatic rings. The lowest BCUT2D eigenvalue weighted by molar-refractivity contribution is -0.123. The quantitative estimate of drug-likeness (QED) is 0.0476. The second-order valence-corrected chi connectivity index (χ2v) is 17.5. The number of hydrogen-bond acceptors (Lipinski definition) is 6. The van der Waals surface area contributed by atoms with Crippen molar-refractivity contribution in [1.29, 1.82) is 0 Å². The molecule has 0 heterocycles. The number of benzene rings is 6. The third-order valence-corrected chi connectivity index (χ3v) is 12.8. The number of carbonyl (C=O) groups is 3. The van der Waals surface area contributed by atoms with E-state index in [2.05, 4.69) is 45.5 Å². The Morgan fingerprint density at radius 3 is 1.27 bits per heavy atom. The molecule has 0 saturated carbocycles. The molecule has 2 atom stereocenters. The summed E-state index contributed by atoms with van der Waals surface area (Å²) in [6.07, 6.45) is 9.14. The molecule has 0 fully saturated rings. The molecule has 0 aromatic heterocycles. The molecule has 0 radical (unpaired) electrons. The van der Waals surface area contributed by atoms with Crippen molar-refractivity contribution in [3.8, 4) is 22.3 Å². The van der Waals surface area contributed by atoms with Gasteiger partial charge in [-0.3, -0.25) is 4.79 Å². The van der Waals surface area contributed by atoms with Gasteiger partial charge in [-0.15, -0.1) is 0 Å². The maximum absolute atomic E-state index is 13.5. The van der Waals surface area contributed by atoms with Gasteiger partial charge in [-0.25, -0.2) is 9.59 Å². The molecule has 2 unspecified atom stereocenters. The zero-order valence-electron chi connectivity index (χ0n) is 37.8. The third-order valence-electron chi connectivity index (χ3n) is 12.8. The highest BCUT2D eigenvalue weighted by Gasteiger charge is 2.33. The number of nitrogens with one attached hydrogen (secondary N) is 4. The number of unbranched alkanes of at least 4 members (excludes halogenated alkanes) is 8. The van der Waals surface area contributed by atoms with E-state index in [1.807, 2.05) is 133 Å². The summed E-state index contributed by atoms with van der Waals surface area (Å²) in [6.45, 7) is 2.11. The Balaban J connectivity index is 0.699. The van der Waals surface area contributed by atoms with Crippen LogP contribution in [0.15, 0.2) is 158 Å². The van der Waals surface area contributed by atoms with Crippen LogP contribution in [0.4, 0.5) is 9.59 Å². The zero-order chi connectivity index (χ0) is 45.3. The van der Waals surface area contributed by atoms with Crippen molar-refractivity contribution < 1.29 is 23.9 Å². The van der Waals surface area contributed by atoms with Crippen LogP contribution in [0.25, 0.3) is 22.3 Å². The van der Waals surface area contributed by atoms with Crippen molar-refractivity contribution in [2.24, 2.45) is 0 Å². The predicted molar refractivity (Wildman–Crippen MR) is 262 cm³/mol. The minimum absolute atomic E-state index is 0.115. The fourth-order valence-electron chi connectivity index (χ4n) is 9.42. The molecule has 0 aliphatic heterocycles. The van der Waals surface area contributed by atoms with Gasteiger partial charge in [-0.2, -0.15) is 0 Å². The lowest BCUT2D eigenvalue weighted by Gasteiger charge is -2.22. The number of fused-ring (bicyclic) bond motifs is 6. The van der Waals surface area contributed by atoms with Gasteiger partial charge in [0.2, 0.25) is 5.91 Å². The van der Waals surface area contributed by atoms with Crippen LogP contribution in [0.3, 0.4) is 0 Å². The van der Waals surface area contributed by atoms with Crippen LogP contribution < -0.4 is 21.3 Å². The van der Waals surface area contributed by atoms with E-state index in [0.717, 1.165) is 88.7 Å². The molecular weight excluding hydrogens is 821 g/mol. The summed E-state index contributed by atoms with van der Waals surface area (Å²) >= 11 is 0. The third kappa shape index (κ3) is 12.1. The lowest BCUT2D eigenvalue weighted by atomic mass is 10.0. The van der Waals surface area contributed by atoms with E-state index in [-0.39, 0.29) is 11.9 Å². The first-order chi connectivity index (χ1) is 32.5. The summed E-state index contributed by atoms with van der Waals surface area (Å²) < 4.78 is 12.1. The van der Waals surface area contributed by atoms with Gasteiger partial charge in [0.25, 0.3) is 0 Å². The molecule has 0 bridgehead atoms. The zero-order valence-corrected chi connectivity index (χ0v) is 37.8. The Morgan fingerprint density at radius 2 is 0.803 bits per heavy atom. The smallest absolute Gasteiger partial charge is 0.408 e. The van der Waals surface area contributed by atoms with Crippen LogP contribution >= 0.6 is 0 Å². The maximum Gasteiger partial charge on any atom is 0.408 e. The first-order valence-corrected chi connectivity index (χ1v) is 23.9. The van der Waals surface area contributed by atoms with Crippen LogP contribution in [0.2, 0.25) is 0 Å². The SMILES string of the molecule is O=C(NC(CNCCCCCCCCCCCNC(=O)C(Cc1ccccc1)NC(=O)OC1c2ccccc2-c2ccccc21)Cc1ccccc1)OC1c2ccccc2-c2ccccc21. The normalized spacial score (nSPS) is 13.4. The predicted octanol–water partition coefficient (Wildman–Crippen LogP) is 11.4. The van der Waals surface area contributed by atoms with Gasteiger partial charge in [0.15, 0.2) is 12.2 Å². The number of carbonyl (C=O) groups excluding carboxylic acids is 3. The van der Waals surface area contributed by atoms with Gasteiger partial charge in [0, 0.05) is 47.8 Å². The molecule has 2 aliphatic carbocycles. The van der Waals surface area contributed by atoms with E-state index in [1.54, 1.807) is 0 Å². The van der Waals surface area contributed by atoms with E-state index in [9.17, 15) is 14.4 Å². The number of alkyl carbamates (subject to hydrolysis) is 2. The van der Waals surface area contributed by atoms with Crippen LogP contribution in [0.5, 0.6) is 0 Å². The van der Waals surface area contributed by atoms with Gasteiger partial charge in [0.05, 0.1) is 0 Å². The molecule has 9 heteroatoms. The van der Waals surface area contributed by atoms with Gasteiger partial charge in [0.1, 0.15) is 6.04 Å². The van der Waals surface area contributed by atoms with Crippen molar-refractivity contribution in [1.82, 2.24) is 21.3 Å². The standard InChI is InChI=1S/C57H62N4O5/c62-55(52(39-42-26-12-9-13-27-42)61-57(64)66-54-50-34-20-16-30-46(50)47-31-17-21-35-51(47)54)59-37-23-7-5-3-1-2-4-6-22-36-58-40-43(38-41-24-10-8-11-25-41)60-56(63)65-53-48-32-18-14-28-44(48)45-29-15-19-33-49(45)53/h8-21,24-35,43,52-54,58H,1-7,22-23,36-40H2,(H,59,62)(H,60,63)(H,61,64). The minimum Gasteiger partial charge on any atom is -0.436 e. The number of amides is 3. The molecule has 8 rings (SSSR count). The summed E-state index contributed by atoms with van der Waals surface area (Å²) in [4.78, 5) is 40.3. The van der Waals surface area contributed by atoms with Crippen LogP contribution in [0, 0.1) is 0 Å². The Morgan fingerprint density at radius 1 is 0.424 bits per heavy atom. The second-order valence-electron chi connectivity index (χ2n) is 17.5. The van der Waals surface area contributed by atoms with Crippen LogP contribution in [0.1, 0.15) is 103 Å². The Kier molecular flexibility index (Phi) is 16.3. The first-order valence-electron chi connectivity index (χ1n) is 23.9. The van der Waals surface area contributed by atoms with Gasteiger partial charge < -0.3 is 30.7 Å². The van der Waals surface area contributed by atoms with E-state index in [0.29, 0.717) is 25.9 Å². The first kappa shape index (κ1) is 45.8. The monoisotopic (exact) mass is 882 g/mol. The highest BCUT2D eigenvalue weighted by Crippen LogP contribution is 2.46. The molecule has 6 aromatic carbocycles. The average molecular weight is 883 g/mol. The Bertz CT molecular complexity index is 2420. The van der Waals surface area contributed by atoms with Crippen molar-refractivity contribution in [2.75, 3.05) is 19.6 Å².